The van der Waals surface area contributed by atoms with Crippen LogP contribution in [0.3, 0.4) is 0 Å². The Morgan fingerprint density at radius 2 is 2.10 bits per heavy atom. The van der Waals surface area contributed by atoms with Crippen molar-refractivity contribution < 1.29 is 14.6 Å². The molecule has 104 valence electrons. The highest BCUT2D eigenvalue weighted by Crippen LogP contribution is 2.32. The number of ether oxygens (including phenoxy) is 1. The molecule has 1 aromatic carbocycles. The highest BCUT2D eigenvalue weighted by molar-refractivity contribution is 5.81. The highest BCUT2D eigenvalue weighted by Gasteiger charge is 2.12. The van der Waals surface area contributed by atoms with Gasteiger partial charge in [-0.2, -0.15) is 0 Å². The van der Waals surface area contributed by atoms with E-state index in [2.05, 4.69) is 6.92 Å². The monoisotopic (exact) mass is 270 g/mol. The number of rotatable bonds is 3. The molecule has 0 atom stereocenters. The molecule has 0 radical (unpaired) electrons. The van der Waals surface area contributed by atoms with Crippen LogP contribution in [0.5, 0.6) is 5.75 Å². The Balaban J connectivity index is 2.32. The molecule has 3 nitrogen and oxygen atoms in total. The number of para-hydroxylation sites is 1. The maximum Gasteiger partial charge on any atom is 0.328 e. The quantitative estimate of drug-likeness (QED) is 0.670. The molecule has 1 heterocycles. The van der Waals surface area contributed by atoms with Crippen molar-refractivity contribution >= 4 is 11.5 Å². The van der Waals surface area contributed by atoms with Gasteiger partial charge in [-0.25, -0.2) is 4.79 Å². The maximum absolute atomic E-state index is 10.6. The Hall–Kier alpha value is -2.29. The second-order valence-corrected chi connectivity index (χ2v) is 4.80. The smallest absolute Gasteiger partial charge is 0.328 e. The summed E-state index contributed by atoms with van der Waals surface area (Å²) in [4.78, 5) is 10.6. The molecule has 0 saturated carbocycles. The van der Waals surface area contributed by atoms with E-state index in [-0.39, 0.29) is 0 Å². The third-order valence-electron chi connectivity index (χ3n) is 3.30. The van der Waals surface area contributed by atoms with Gasteiger partial charge in [0.1, 0.15) is 5.75 Å². The summed E-state index contributed by atoms with van der Waals surface area (Å²) >= 11 is 0. The third kappa shape index (κ3) is 3.38. The Labute approximate surface area is 118 Å². The second kappa shape index (κ2) is 6.24. The zero-order valence-electron chi connectivity index (χ0n) is 11.7. The number of fused-ring (bicyclic) bond motifs is 1. The van der Waals surface area contributed by atoms with Crippen molar-refractivity contribution in [3.05, 3.63) is 59.2 Å². The Bertz CT molecular complexity index is 606. The molecule has 0 fully saturated rings. The van der Waals surface area contributed by atoms with Gasteiger partial charge < -0.3 is 9.84 Å². The van der Waals surface area contributed by atoms with Gasteiger partial charge in [-0.3, -0.25) is 0 Å². The lowest BCUT2D eigenvalue weighted by atomic mass is 9.99. The zero-order chi connectivity index (χ0) is 14.5. The van der Waals surface area contributed by atoms with E-state index in [1.165, 1.54) is 17.2 Å². The Morgan fingerprint density at radius 3 is 2.85 bits per heavy atom. The van der Waals surface area contributed by atoms with Crippen LogP contribution in [0.4, 0.5) is 0 Å². The number of aliphatic carboxylic acids is 1. The molecule has 1 aromatic rings. The predicted octanol–water partition coefficient (Wildman–Crippen LogP) is 3.83. The van der Waals surface area contributed by atoms with Crippen LogP contribution < -0.4 is 4.74 Å². The fourth-order valence-corrected chi connectivity index (χ4v) is 2.22. The first-order chi connectivity index (χ1) is 9.58. The van der Waals surface area contributed by atoms with Crippen molar-refractivity contribution in [1.82, 2.24) is 0 Å². The maximum atomic E-state index is 10.6. The summed E-state index contributed by atoms with van der Waals surface area (Å²) in [6, 6.07) is 7.98. The van der Waals surface area contributed by atoms with E-state index >= 15 is 0 Å². The summed E-state index contributed by atoms with van der Waals surface area (Å²) < 4.78 is 5.74. The average molecular weight is 270 g/mol. The van der Waals surface area contributed by atoms with Crippen molar-refractivity contribution in [2.45, 2.75) is 20.3 Å². The number of benzene rings is 1. The lowest BCUT2D eigenvalue weighted by molar-refractivity contribution is -0.131. The van der Waals surface area contributed by atoms with Crippen LogP contribution >= 0.6 is 0 Å². The minimum absolute atomic E-state index is 0.635. The van der Waals surface area contributed by atoms with Crippen molar-refractivity contribution in [2.75, 3.05) is 6.61 Å². The summed E-state index contributed by atoms with van der Waals surface area (Å²) in [7, 11) is 0. The number of hydrogen-bond acceptors (Lipinski definition) is 2. The predicted molar refractivity (Wildman–Crippen MR) is 79.7 cm³/mol. The minimum atomic E-state index is -0.924. The molecule has 0 aromatic heterocycles. The van der Waals surface area contributed by atoms with Crippen LogP contribution in [-0.2, 0) is 4.79 Å². The molecule has 1 aliphatic rings. The number of carboxylic acid groups (broad SMARTS) is 1. The van der Waals surface area contributed by atoms with E-state index < -0.39 is 5.97 Å². The van der Waals surface area contributed by atoms with Crippen molar-refractivity contribution in [3.8, 4) is 5.75 Å². The fraction of sp³-hybridized carbons (Fsp3) is 0.235. The Morgan fingerprint density at radius 1 is 1.35 bits per heavy atom. The van der Waals surface area contributed by atoms with Gasteiger partial charge >= 0.3 is 5.97 Å². The van der Waals surface area contributed by atoms with E-state index in [1.807, 2.05) is 36.4 Å². The normalized spacial score (nSPS) is 15.8. The van der Waals surface area contributed by atoms with Crippen LogP contribution in [0.25, 0.3) is 5.57 Å². The summed E-state index contributed by atoms with van der Waals surface area (Å²) in [6.07, 6.45) is 5.83. The molecule has 0 spiro atoms. The largest absolute Gasteiger partial charge is 0.493 e. The molecule has 3 heteroatoms. The van der Waals surface area contributed by atoms with E-state index in [1.54, 1.807) is 6.92 Å². The van der Waals surface area contributed by atoms with Crippen molar-refractivity contribution in [3.63, 3.8) is 0 Å². The molecule has 1 aliphatic heterocycles. The van der Waals surface area contributed by atoms with Crippen molar-refractivity contribution in [1.29, 1.82) is 0 Å². The first-order valence-electron chi connectivity index (χ1n) is 6.59. The third-order valence-corrected chi connectivity index (χ3v) is 3.30. The van der Waals surface area contributed by atoms with Gasteiger partial charge in [-0.15, -0.1) is 0 Å². The molecule has 0 saturated heterocycles. The summed E-state index contributed by atoms with van der Waals surface area (Å²) in [5.41, 5.74) is 4.17. The topological polar surface area (TPSA) is 46.5 Å². The average Bonchev–Trinajstić information content (AvgIpc) is 2.56. The standard InChI is InChI=1S/C17H18O3/c1-12(11-17(18)19)7-8-14-9-10-20-16-6-4-3-5-15(16)13(14)2/h3-8,11H,9-10H2,1-2H3,(H,18,19)/b8-7+,12-11?. The van der Waals surface area contributed by atoms with Gasteiger partial charge in [0.25, 0.3) is 0 Å². The van der Waals surface area contributed by atoms with Crippen LogP contribution in [0.2, 0.25) is 0 Å². The number of hydrogen-bond donors (Lipinski definition) is 1. The van der Waals surface area contributed by atoms with Crippen molar-refractivity contribution in [2.24, 2.45) is 0 Å². The van der Waals surface area contributed by atoms with Crippen LogP contribution in [-0.4, -0.2) is 17.7 Å². The molecule has 0 amide bonds. The fourth-order valence-electron chi connectivity index (χ4n) is 2.22. The molecule has 0 aliphatic carbocycles. The molecular weight excluding hydrogens is 252 g/mol. The van der Waals surface area contributed by atoms with Gasteiger partial charge in [-0.1, -0.05) is 30.4 Å². The molecule has 20 heavy (non-hydrogen) atoms. The van der Waals surface area contributed by atoms with E-state index in [0.717, 1.165) is 23.3 Å². The van der Waals surface area contributed by atoms with Crippen LogP contribution in [0.1, 0.15) is 25.8 Å². The molecular formula is C17H18O3. The van der Waals surface area contributed by atoms with E-state index in [0.29, 0.717) is 6.61 Å². The van der Waals surface area contributed by atoms with E-state index in [4.69, 9.17) is 9.84 Å². The first kappa shape index (κ1) is 14.1. The van der Waals surface area contributed by atoms with Gasteiger partial charge in [-0.05, 0) is 36.6 Å². The SMILES string of the molecule is CC(=CC(=O)O)/C=C/C1=C(C)c2ccccc2OCC1. The summed E-state index contributed by atoms with van der Waals surface area (Å²) in [5, 5.41) is 8.71. The molecule has 0 bridgehead atoms. The molecule has 2 rings (SSSR count). The van der Waals surface area contributed by atoms with Gasteiger partial charge in [0.2, 0.25) is 0 Å². The molecule has 1 N–H and O–H groups in total. The minimum Gasteiger partial charge on any atom is -0.493 e. The van der Waals surface area contributed by atoms with Gasteiger partial charge in [0, 0.05) is 18.1 Å². The number of allylic oxidation sites excluding steroid dienone is 4. The number of carboxylic acids is 1. The lowest BCUT2D eigenvalue weighted by Crippen LogP contribution is -1.95. The number of carbonyl (C=O) groups is 1. The summed E-state index contributed by atoms with van der Waals surface area (Å²) in [6.45, 7) is 4.49. The Kier molecular flexibility index (Phi) is 4.41. The van der Waals surface area contributed by atoms with E-state index in [9.17, 15) is 4.79 Å². The highest BCUT2D eigenvalue weighted by atomic mass is 16.5. The first-order valence-corrected chi connectivity index (χ1v) is 6.59. The van der Waals surface area contributed by atoms with Crippen LogP contribution in [0, 0.1) is 0 Å². The van der Waals surface area contributed by atoms with Crippen LogP contribution in [0.15, 0.2) is 53.6 Å². The van der Waals surface area contributed by atoms with Gasteiger partial charge in [0.15, 0.2) is 0 Å². The second-order valence-electron chi connectivity index (χ2n) is 4.80. The van der Waals surface area contributed by atoms with Gasteiger partial charge in [0.05, 0.1) is 6.61 Å². The lowest BCUT2D eigenvalue weighted by Gasteiger charge is -2.07. The summed E-state index contributed by atoms with van der Waals surface area (Å²) in [5.74, 6) is -0.0152. The zero-order valence-corrected chi connectivity index (χ0v) is 11.7. The molecule has 0 unspecified atom stereocenters.